The van der Waals surface area contributed by atoms with Crippen molar-refractivity contribution in [2.75, 3.05) is 20.2 Å². The number of β-amino-alcohol motifs (C(OH)–C–C–N with tert-alkyl or cyclic N) is 1. The Morgan fingerprint density at radius 3 is 2.35 bits per heavy atom. The summed E-state index contributed by atoms with van der Waals surface area (Å²) in [6.07, 6.45) is 0. The predicted molar refractivity (Wildman–Crippen MR) is 68.1 cm³/mol. The number of nitrogens with zero attached hydrogens (tertiary/aromatic N) is 1. The highest BCUT2D eigenvalue weighted by Crippen LogP contribution is 2.29. The van der Waals surface area contributed by atoms with E-state index in [-0.39, 0.29) is 0 Å². The molecular formula is C14H21NO2. The third kappa shape index (κ3) is 2.61. The minimum Gasteiger partial charge on any atom is -0.497 e. The molecule has 17 heavy (non-hydrogen) atoms. The molecule has 1 aromatic rings. The van der Waals surface area contributed by atoms with Gasteiger partial charge in [0.05, 0.1) is 12.7 Å². The lowest BCUT2D eigenvalue weighted by Crippen LogP contribution is -2.63. The summed E-state index contributed by atoms with van der Waals surface area (Å²) in [7, 11) is 1.67. The number of hydrogen-bond donors (Lipinski definition) is 1. The molecule has 1 N–H and O–H groups in total. The Balaban J connectivity index is 1.87. The van der Waals surface area contributed by atoms with E-state index in [4.69, 9.17) is 4.74 Å². The van der Waals surface area contributed by atoms with Crippen molar-refractivity contribution in [3.63, 3.8) is 0 Å². The van der Waals surface area contributed by atoms with Gasteiger partial charge in [0.25, 0.3) is 0 Å². The molecule has 2 rings (SSSR count). The van der Waals surface area contributed by atoms with E-state index in [1.54, 1.807) is 7.11 Å². The van der Waals surface area contributed by atoms with Gasteiger partial charge in [-0.15, -0.1) is 0 Å². The minimum absolute atomic E-state index is 0.328. The van der Waals surface area contributed by atoms with Crippen molar-refractivity contribution in [2.45, 2.75) is 26.0 Å². The maximum Gasteiger partial charge on any atom is 0.118 e. The Labute approximate surface area is 103 Å². The largest absolute Gasteiger partial charge is 0.497 e. The van der Waals surface area contributed by atoms with Gasteiger partial charge in [0, 0.05) is 19.6 Å². The smallest absolute Gasteiger partial charge is 0.118 e. The summed E-state index contributed by atoms with van der Waals surface area (Å²) in [4.78, 5) is 2.27. The number of benzene rings is 1. The maximum atomic E-state index is 10.2. The van der Waals surface area contributed by atoms with Crippen LogP contribution < -0.4 is 4.74 Å². The molecule has 0 bridgehead atoms. The van der Waals surface area contributed by atoms with E-state index in [0.717, 1.165) is 25.4 Å². The zero-order valence-electron chi connectivity index (χ0n) is 10.8. The number of likely N-dealkylation sites (tertiary alicyclic amines) is 1. The van der Waals surface area contributed by atoms with E-state index in [9.17, 15) is 5.11 Å². The van der Waals surface area contributed by atoms with Crippen molar-refractivity contribution in [1.29, 1.82) is 0 Å². The van der Waals surface area contributed by atoms with E-state index in [1.807, 2.05) is 12.1 Å². The number of methoxy groups -OCH3 is 1. The fraction of sp³-hybridized carbons (Fsp3) is 0.571. The quantitative estimate of drug-likeness (QED) is 0.865. The molecule has 3 nitrogen and oxygen atoms in total. The molecule has 0 atom stereocenters. The molecule has 1 saturated heterocycles. The first-order valence-corrected chi connectivity index (χ1v) is 6.11. The Morgan fingerprint density at radius 2 is 1.88 bits per heavy atom. The van der Waals surface area contributed by atoms with Crippen LogP contribution in [0.1, 0.15) is 19.4 Å². The van der Waals surface area contributed by atoms with Crippen LogP contribution in [0.3, 0.4) is 0 Å². The molecule has 0 radical (unpaired) electrons. The topological polar surface area (TPSA) is 32.7 Å². The van der Waals surface area contributed by atoms with Crippen molar-refractivity contribution in [1.82, 2.24) is 4.90 Å². The van der Waals surface area contributed by atoms with Crippen LogP contribution in [0, 0.1) is 5.92 Å². The van der Waals surface area contributed by atoms with E-state index >= 15 is 0 Å². The first-order valence-electron chi connectivity index (χ1n) is 6.11. The van der Waals surface area contributed by atoms with Crippen LogP contribution in [0.4, 0.5) is 0 Å². The van der Waals surface area contributed by atoms with Crippen molar-refractivity contribution in [3.8, 4) is 5.75 Å². The van der Waals surface area contributed by atoms with Crippen LogP contribution in [-0.4, -0.2) is 35.8 Å². The van der Waals surface area contributed by atoms with Gasteiger partial charge in [-0.05, 0) is 23.6 Å². The fourth-order valence-electron chi connectivity index (χ4n) is 2.19. The lowest BCUT2D eigenvalue weighted by molar-refractivity contribution is -0.130. The van der Waals surface area contributed by atoms with E-state index in [2.05, 4.69) is 30.9 Å². The third-order valence-corrected chi connectivity index (χ3v) is 3.63. The summed E-state index contributed by atoms with van der Waals surface area (Å²) in [6, 6.07) is 8.10. The molecule has 0 amide bonds. The molecule has 1 fully saturated rings. The minimum atomic E-state index is -0.480. The normalized spacial score (nSPS) is 19.1. The van der Waals surface area contributed by atoms with E-state index in [1.165, 1.54) is 5.56 Å². The average molecular weight is 235 g/mol. The molecule has 0 aliphatic carbocycles. The Morgan fingerprint density at radius 1 is 1.29 bits per heavy atom. The Kier molecular flexibility index (Phi) is 3.40. The fourth-order valence-corrected chi connectivity index (χ4v) is 2.19. The second-order valence-corrected chi connectivity index (χ2v) is 5.25. The van der Waals surface area contributed by atoms with Gasteiger partial charge in [0.1, 0.15) is 5.75 Å². The molecule has 0 unspecified atom stereocenters. The van der Waals surface area contributed by atoms with E-state index in [0.29, 0.717) is 5.92 Å². The summed E-state index contributed by atoms with van der Waals surface area (Å²) >= 11 is 0. The van der Waals surface area contributed by atoms with Gasteiger partial charge in [-0.3, -0.25) is 4.90 Å². The van der Waals surface area contributed by atoms with Crippen LogP contribution in [0.15, 0.2) is 24.3 Å². The van der Waals surface area contributed by atoms with Gasteiger partial charge < -0.3 is 9.84 Å². The van der Waals surface area contributed by atoms with Gasteiger partial charge in [-0.25, -0.2) is 0 Å². The third-order valence-electron chi connectivity index (χ3n) is 3.63. The zero-order chi connectivity index (χ0) is 12.5. The van der Waals surface area contributed by atoms with Crippen LogP contribution in [0.5, 0.6) is 5.75 Å². The SMILES string of the molecule is COc1ccc(CN2CC(O)(C(C)C)C2)cc1. The van der Waals surface area contributed by atoms with Crippen LogP contribution in [0.25, 0.3) is 0 Å². The summed E-state index contributed by atoms with van der Waals surface area (Å²) in [5, 5.41) is 10.2. The molecule has 0 saturated carbocycles. The van der Waals surface area contributed by atoms with Crippen molar-refractivity contribution in [2.24, 2.45) is 5.92 Å². The summed E-state index contributed by atoms with van der Waals surface area (Å²) in [5.41, 5.74) is 0.781. The highest BCUT2D eigenvalue weighted by molar-refractivity contribution is 5.27. The summed E-state index contributed by atoms with van der Waals surface area (Å²) in [6.45, 7) is 6.60. The highest BCUT2D eigenvalue weighted by atomic mass is 16.5. The summed E-state index contributed by atoms with van der Waals surface area (Å²) in [5.74, 6) is 1.21. The molecule has 0 spiro atoms. The van der Waals surface area contributed by atoms with Gasteiger partial charge >= 0.3 is 0 Å². The standard InChI is InChI=1S/C14H21NO2/c1-11(2)14(16)9-15(10-14)8-12-4-6-13(17-3)7-5-12/h4-7,11,16H,8-10H2,1-3H3. The zero-order valence-corrected chi connectivity index (χ0v) is 10.8. The number of aliphatic hydroxyl groups is 1. The van der Waals surface area contributed by atoms with Crippen molar-refractivity contribution in [3.05, 3.63) is 29.8 Å². The monoisotopic (exact) mass is 235 g/mol. The van der Waals surface area contributed by atoms with Crippen molar-refractivity contribution >= 4 is 0 Å². The predicted octanol–water partition coefficient (Wildman–Crippen LogP) is 1.90. The molecule has 0 aromatic heterocycles. The molecule has 3 heteroatoms. The lowest BCUT2D eigenvalue weighted by Gasteiger charge is -2.49. The molecule has 94 valence electrons. The van der Waals surface area contributed by atoms with Gasteiger partial charge in [-0.1, -0.05) is 26.0 Å². The Bertz CT molecular complexity index is 366. The molecule has 1 heterocycles. The molecule has 1 aromatic carbocycles. The van der Waals surface area contributed by atoms with Crippen LogP contribution in [-0.2, 0) is 6.54 Å². The van der Waals surface area contributed by atoms with Gasteiger partial charge in [-0.2, -0.15) is 0 Å². The van der Waals surface area contributed by atoms with Gasteiger partial charge in [0.15, 0.2) is 0 Å². The second kappa shape index (κ2) is 4.67. The van der Waals surface area contributed by atoms with Crippen LogP contribution in [0.2, 0.25) is 0 Å². The number of hydrogen-bond acceptors (Lipinski definition) is 3. The van der Waals surface area contributed by atoms with Gasteiger partial charge in [0.2, 0.25) is 0 Å². The van der Waals surface area contributed by atoms with E-state index < -0.39 is 5.60 Å². The molecular weight excluding hydrogens is 214 g/mol. The maximum absolute atomic E-state index is 10.2. The second-order valence-electron chi connectivity index (χ2n) is 5.25. The van der Waals surface area contributed by atoms with Crippen LogP contribution >= 0.6 is 0 Å². The number of ether oxygens (including phenoxy) is 1. The molecule has 1 aliphatic heterocycles. The lowest BCUT2D eigenvalue weighted by atomic mass is 9.83. The molecule has 1 aliphatic rings. The summed E-state index contributed by atoms with van der Waals surface area (Å²) < 4.78 is 5.13. The average Bonchev–Trinajstić information content (AvgIpc) is 2.27. The first-order chi connectivity index (χ1) is 8.03. The Hall–Kier alpha value is -1.06. The highest BCUT2D eigenvalue weighted by Gasteiger charge is 2.43. The first kappa shape index (κ1) is 12.4. The van der Waals surface area contributed by atoms with Crippen molar-refractivity contribution < 1.29 is 9.84 Å². The number of rotatable bonds is 4.